The van der Waals surface area contributed by atoms with Gasteiger partial charge in [0.05, 0.1) is 20.3 Å². The van der Waals surface area contributed by atoms with E-state index in [2.05, 4.69) is 31.3 Å². The molecule has 33 heavy (non-hydrogen) atoms. The van der Waals surface area contributed by atoms with E-state index in [1.807, 2.05) is 67.3 Å². The smallest absolute Gasteiger partial charge is 0.275 e. The number of ether oxygens (including phenoxy) is 2. The minimum absolute atomic E-state index is 0.0679. The molecule has 0 aromatic heterocycles. The Bertz CT molecular complexity index is 1250. The highest BCUT2D eigenvalue weighted by molar-refractivity contribution is 6.11. The third-order valence-electron chi connectivity index (χ3n) is 6.06. The van der Waals surface area contributed by atoms with E-state index in [9.17, 15) is 4.79 Å². The van der Waals surface area contributed by atoms with Crippen molar-refractivity contribution in [1.82, 2.24) is 0 Å². The molecule has 170 valence electrons. The summed E-state index contributed by atoms with van der Waals surface area (Å²) in [7, 11) is 3.23. The first-order chi connectivity index (χ1) is 15.8. The van der Waals surface area contributed by atoms with E-state index in [-0.39, 0.29) is 11.9 Å². The average Bonchev–Trinajstić information content (AvgIpc) is 3.11. The summed E-state index contributed by atoms with van der Waals surface area (Å²) in [4.78, 5) is 15.6. The van der Waals surface area contributed by atoms with Crippen molar-refractivity contribution in [1.29, 1.82) is 0 Å². The minimum atomic E-state index is -0.285. The molecule has 1 atom stereocenters. The first-order valence-corrected chi connectivity index (χ1v) is 11.0. The van der Waals surface area contributed by atoms with Crippen molar-refractivity contribution in [3.05, 3.63) is 94.2 Å². The minimum Gasteiger partial charge on any atom is -0.493 e. The molecule has 1 aliphatic heterocycles. The number of nitrogens with zero attached hydrogens (tertiary/aromatic N) is 1. The molecule has 0 saturated heterocycles. The third kappa shape index (κ3) is 4.31. The van der Waals surface area contributed by atoms with Crippen LogP contribution in [-0.2, 0) is 4.79 Å². The molecule has 0 saturated carbocycles. The van der Waals surface area contributed by atoms with Gasteiger partial charge in [0.1, 0.15) is 5.70 Å². The summed E-state index contributed by atoms with van der Waals surface area (Å²) in [6.07, 6.45) is 1.99. The summed E-state index contributed by atoms with van der Waals surface area (Å²) >= 11 is 0. The summed E-state index contributed by atoms with van der Waals surface area (Å²) in [5.74, 6) is 1.22. The van der Waals surface area contributed by atoms with Crippen LogP contribution in [0.2, 0.25) is 0 Å². The Balaban J connectivity index is 1.80. The molecule has 3 aromatic carbocycles. The number of amides is 1. The molecule has 0 bridgehead atoms. The fourth-order valence-corrected chi connectivity index (χ4v) is 4.37. The number of hydrogen-bond acceptors (Lipinski definition) is 4. The van der Waals surface area contributed by atoms with Gasteiger partial charge in [-0.05, 0) is 74.7 Å². The predicted octanol–water partition coefficient (Wildman–Crippen LogP) is 6.02. The van der Waals surface area contributed by atoms with Crippen molar-refractivity contribution in [2.45, 2.75) is 33.7 Å². The monoisotopic (exact) mass is 442 g/mol. The van der Waals surface area contributed by atoms with Crippen LogP contribution in [-0.4, -0.2) is 20.1 Å². The second kappa shape index (κ2) is 9.02. The SMILES string of the molecule is COc1ccc([C@H]2C=C(Nc3ccc(C)cc3C)C(=O)N2c2ccc(C)cc2C)cc1OC. The van der Waals surface area contributed by atoms with E-state index in [1.165, 1.54) is 5.56 Å². The van der Waals surface area contributed by atoms with E-state index in [4.69, 9.17) is 9.47 Å². The van der Waals surface area contributed by atoms with E-state index < -0.39 is 0 Å². The highest BCUT2D eigenvalue weighted by Gasteiger charge is 2.36. The number of aryl methyl sites for hydroxylation is 4. The molecule has 4 rings (SSSR count). The lowest BCUT2D eigenvalue weighted by Crippen LogP contribution is -2.31. The molecule has 1 heterocycles. The molecule has 1 N–H and O–H groups in total. The molecular weight excluding hydrogens is 412 g/mol. The summed E-state index contributed by atoms with van der Waals surface area (Å²) in [5.41, 5.74) is 7.80. The average molecular weight is 443 g/mol. The molecule has 0 fully saturated rings. The molecule has 5 nitrogen and oxygen atoms in total. The van der Waals surface area contributed by atoms with Gasteiger partial charge in [0.2, 0.25) is 0 Å². The number of anilines is 2. The largest absolute Gasteiger partial charge is 0.493 e. The number of carbonyl (C=O) groups excluding carboxylic acids is 1. The molecule has 0 aliphatic carbocycles. The Kier molecular flexibility index (Phi) is 6.14. The fourth-order valence-electron chi connectivity index (χ4n) is 4.37. The molecule has 5 heteroatoms. The first kappa shape index (κ1) is 22.5. The van der Waals surface area contributed by atoms with Crippen LogP contribution in [0.5, 0.6) is 11.5 Å². The molecule has 0 radical (unpaired) electrons. The van der Waals surface area contributed by atoms with E-state index in [1.54, 1.807) is 14.2 Å². The summed E-state index contributed by atoms with van der Waals surface area (Å²) in [6.45, 7) is 8.20. The Morgan fingerprint density at radius 3 is 2.09 bits per heavy atom. The molecule has 0 unspecified atom stereocenters. The normalized spacial score (nSPS) is 15.5. The topological polar surface area (TPSA) is 50.8 Å². The Labute approximate surface area is 195 Å². The lowest BCUT2D eigenvalue weighted by atomic mass is 10.0. The zero-order valence-electron chi connectivity index (χ0n) is 20.0. The number of rotatable bonds is 6. The van der Waals surface area contributed by atoms with Crippen LogP contribution in [0.25, 0.3) is 0 Å². The van der Waals surface area contributed by atoms with Gasteiger partial charge >= 0.3 is 0 Å². The van der Waals surface area contributed by atoms with Crippen LogP contribution in [0.15, 0.2) is 66.4 Å². The second-order valence-corrected chi connectivity index (χ2v) is 8.55. The number of hydrogen-bond donors (Lipinski definition) is 1. The van der Waals surface area contributed by atoms with Crippen LogP contribution in [0.3, 0.4) is 0 Å². The lowest BCUT2D eigenvalue weighted by Gasteiger charge is -2.27. The van der Waals surface area contributed by atoms with E-state index >= 15 is 0 Å². The van der Waals surface area contributed by atoms with Gasteiger partial charge in [0.15, 0.2) is 11.5 Å². The van der Waals surface area contributed by atoms with Gasteiger partial charge in [-0.25, -0.2) is 0 Å². The second-order valence-electron chi connectivity index (χ2n) is 8.55. The maximum absolute atomic E-state index is 13.7. The summed E-state index contributed by atoms with van der Waals surface area (Å²) in [6, 6.07) is 17.8. The van der Waals surface area contributed by atoms with Gasteiger partial charge in [-0.2, -0.15) is 0 Å². The standard InChI is InChI=1S/C28H30N2O3/c1-17-7-10-22(19(3)13-17)29-23-16-25(21-9-12-26(32-5)27(15-21)33-6)30(28(23)31)24-11-8-18(2)14-20(24)4/h7-16,25,29H,1-6H3/t25-/m1/s1. The Morgan fingerprint density at radius 2 is 1.45 bits per heavy atom. The molecule has 1 amide bonds. The quantitative estimate of drug-likeness (QED) is 0.507. The molecule has 1 aliphatic rings. The van der Waals surface area contributed by atoms with Crippen molar-refractivity contribution in [3.63, 3.8) is 0 Å². The van der Waals surface area contributed by atoms with Gasteiger partial charge < -0.3 is 14.8 Å². The van der Waals surface area contributed by atoms with Crippen molar-refractivity contribution >= 4 is 17.3 Å². The van der Waals surface area contributed by atoms with Crippen molar-refractivity contribution in [3.8, 4) is 11.5 Å². The molecule has 0 spiro atoms. The first-order valence-electron chi connectivity index (χ1n) is 11.0. The van der Waals surface area contributed by atoms with Crippen molar-refractivity contribution in [2.24, 2.45) is 0 Å². The molecule has 3 aromatic rings. The predicted molar refractivity (Wildman–Crippen MR) is 133 cm³/mol. The lowest BCUT2D eigenvalue weighted by molar-refractivity contribution is -0.114. The fraction of sp³-hybridized carbons (Fsp3) is 0.250. The van der Waals surface area contributed by atoms with Gasteiger partial charge in [0.25, 0.3) is 5.91 Å². The number of benzene rings is 3. The Morgan fingerprint density at radius 1 is 0.788 bits per heavy atom. The highest BCUT2D eigenvalue weighted by Crippen LogP contribution is 2.40. The summed E-state index contributed by atoms with van der Waals surface area (Å²) in [5, 5.41) is 3.38. The molecular formula is C28H30N2O3. The Hall–Kier alpha value is -3.73. The number of methoxy groups -OCH3 is 2. The van der Waals surface area contributed by atoms with Gasteiger partial charge in [0, 0.05) is 11.4 Å². The van der Waals surface area contributed by atoms with Gasteiger partial charge in [-0.3, -0.25) is 9.69 Å². The van der Waals surface area contributed by atoms with E-state index in [0.717, 1.165) is 33.6 Å². The maximum Gasteiger partial charge on any atom is 0.275 e. The third-order valence-corrected chi connectivity index (χ3v) is 6.06. The van der Waals surface area contributed by atoms with Crippen LogP contribution >= 0.6 is 0 Å². The van der Waals surface area contributed by atoms with Crippen LogP contribution in [0.1, 0.15) is 33.9 Å². The number of carbonyl (C=O) groups is 1. The summed E-state index contributed by atoms with van der Waals surface area (Å²) < 4.78 is 10.9. The van der Waals surface area contributed by atoms with Crippen molar-refractivity contribution in [2.75, 3.05) is 24.4 Å². The maximum atomic E-state index is 13.7. The van der Waals surface area contributed by atoms with Crippen LogP contribution < -0.4 is 19.7 Å². The van der Waals surface area contributed by atoms with Gasteiger partial charge in [-0.1, -0.05) is 41.5 Å². The zero-order valence-corrected chi connectivity index (χ0v) is 20.0. The van der Waals surface area contributed by atoms with E-state index in [0.29, 0.717) is 17.2 Å². The van der Waals surface area contributed by atoms with Crippen molar-refractivity contribution < 1.29 is 14.3 Å². The van der Waals surface area contributed by atoms with Crippen LogP contribution in [0, 0.1) is 27.7 Å². The number of nitrogens with one attached hydrogen (secondary N) is 1. The highest BCUT2D eigenvalue weighted by atomic mass is 16.5. The van der Waals surface area contributed by atoms with Gasteiger partial charge in [-0.15, -0.1) is 0 Å². The zero-order chi connectivity index (χ0) is 23.7. The van der Waals surface area contributed by atoms with Crippen LogP contribution in [0.4, 0.5) is 11.4 Å².